The van der Waals surface area contributed by atoms with Crippen molar-refractivity contribution in [2.24, 2.45) is 5.41 Å². The summed E-state index contributed by atoms with van der Waals surface area (Å²) in [4.78, 5) is 0. The fourth-order valence-electron chi connectivity index (χ4n) is 1.19. The smallest absolute Gasteiger partial charge is 0.0139 e. The average Bonchev–Trinajstić information content (AvgIpc) is 2.03. The van der Waals surface area contributed by atoms with Crippen molar-refractivity contribution in [2.75, 3.05) is 0 Å². The Morgan fingerprint density at radius 2 is 1.67 bits per heavy atom. The zero-order valence-electron chi connectivity index (χ0n) is 8.17. The molecule has 0 amide bonds. The first kappa shape index (κ1) is 9.31. The van der Waals surface area contributed by atoms with Crippen LogP contribution >= 0.6 is 0 Å². The van der Waals surface area contributed by atoms with Crippen LogP contribution in [0.2, 0.25) is 0 Å². The highest BCUT2D eigenvalue weighted by Crippen LogP contribution is 2.33. The second-order valence-electron chi connectivity index (χ2n) is 4.12. The van der Waals surface area contributed by atoms with Gasteiger partial charge in [0.05, 0.1) is 0 Å². The van der Waals surface area contributed by atoms with Gasteiger partial charge in [-0.05, 0) is 23.8 Å². The molecule has 1 radical (unpaired) electrons. The van der Waals surface area contributed by atoms with E-state index in [4.69, 9.17) is 0 Å². The summed E-state index contributed by atoms with van der Waals surface area (Å²) in [5.41, 5.74) is 1.49. The topological polar surface area (TPSA) is 0 Å². The molecule has 1 rings (SSSR count). The SMILES string of the molecule is [CH2]C(C)(C)C(C)c1ccccc1. The zero-order valence-corrected chi connectivity index (χ0v) is 8.17. The minimum absolute atomic E-state index is 0.112. The molecular weight excluding hydrogens is 144 g/mol. The third kappa shape index (κ3) is 2.10. The van der Waals surface area contributed by atoms with Crippen LogP contribution in [-0.4, -0.2) is 0 Å². The minimum Gasteiger partial charge on any atom is -0.0622 e. The van der Waals surface area contributed by atoms with Crippen molar-refractivity contribution in [1.82, 2.24) is 0 Å². The summed E-state index contributed by atoms with van der Waals surface area (Å²) in [6.45, 7) is 10.7. The van der Waals surface area contributed by atoms with E-state index < -0.39 is 0 Å². The van der Waals surface area contributed by atoms with Crippen molar-refractivity contribution in [3.63, 3.8) is 0 Å². The van der Waals surface area contributed by atoms with Crippen LogP contribution < -0.4 is 0 Å². The third-order valence-corrected chi connectivity index (χ3v) is 2.47. The summed E-state index contributed by atoms with van der Waals surface area (Å²) in [5, 5.41) is 0. The minimum atomic E-state index is 0.112. The van der Waals surface area contributed by atoms with Crippen LogP contribution in [0, 0.1) is 12.3 Å². The fraction of sp³-hybridized carbons (Fsp3) is 0.417. The van der Waals surface area contributed by atoms with E-state index in [9.17, 15) is 0 Å². The van der Waals surface area contributed by atoms with Crippen molar-refractivity contribution < 1.29 is 0 Å². The van der Waals surface area contributed by atoms with E-state index in [1.165, 1.54) is 5.56 Å². The van der Waals surface area contributed by atoms with Crippen LogP contribution in [0.5, 0.6) is 0 Å². The molecule has 0 aromatic heterocycles. The Bertz CT molecular complexity index is 228. The maximum absolute atomic E-state index is 4.15. The largest absolute Gasteiger partial charge is 0.0622 e. The molecule has 0 saturated carbocycles. The van der Waals surface area contributed by atoms with Crippen LogP contribution in [-0.2, 0) is 0 Å². The van der Waals surface area contributed by atoms with Gasteiger partial charge in [-0.3, -0.25) is 0 Å². The van der Waals surface area contributed by atoms with Crippen molar-refractivity contribution >= 4 is 0 Å². The van der Waals surface area contributed by atoms with E-state index in [1.54, 1.807) is 0 Å². The first-order valence-corrected chi connectivity index (χ1v) is 4.42. The normalized spacial score (nSPS) is 14.3. The summed E-state index contributed by atoms with van der Waals surface area (Å²) in [5.74, 6) is 0.513. The van der Waals surface area contributed by atoms with Gasteiger partial charge in [-0.2, -0.15) is 0 Å². The van der Waals surface area contributed by atoms with Gasteiger partial charge in [0.1, 0.15) is 0 Å². The average molecular weight is 161 g/mol. The van der Waals surface area contributed by atoms with E-state index in [-0.39, 0.29) is 5.41 Å². The molecule has 12 heavy (non-hydrogen) atoms. The van der Waals surface area contributed by atoms with Crippen LogP contribution in [0.15, 0.2) is 30.3 Å². The van der Waals surface area contributed by atoms with Gasteiger partial charge in [0.2, 0.25) is 0 Å². The highest BCUT2D eigenvalue weighted by atomic mass is 14.3. The van der Waals surface area contributed by atoms with Crippen molar-refractivity contribution in [3.05, 3.63) is 42.8 Å². The molecule has 1 atom stereocenters. The molecule has 65 valence electrons. The number of rotatable bonds is 2. The van der Waals surface area contributed by atoms with Gasteiger partial charge in [0.15, 0.2) is 0 Å². The Hall–Kier alpha value is -0.780. The molecule has 0 aliphatic heterocycles. The Labute approximate surface area is 75.6 Å². The lowest BCUT2D eigenvalue weighted by Crippen LogP contribution is -2.15. The Kier molecular flexibility index (Phi) is 2.56. The van der Waals surface area contributed by atoms with Crippen molar-refractivity contribution in [1.29, 1.82) is 0 Å². The first-order valence-electron chi connectivity index (χ1n) is 4.42. The molecule has 0 aliphatic rings. The van der Waals surface area contributed by atoms with Gasteiger partial charge in [0, 0.05) is 0 Å². The fourth-order valence-corrected chi connectivity index (χ4v) is 1.19. The summed E-state index contributed by atoms with van der Waals surface area (Å²) >= 11 is 0. The number of hydrogen-bond donors (Lipinski definition) is 0. The lowest BCUT2D eigenvalue weighted by Gasteiger charge is -2.27. The Balaban J connectivity index is 2.86. The molecule has 0 heterocycles. The van der Waals surface area contributed by atoms with Gasteiger partial charge < -0.3 is 0 Å². The predicted molar refractivity (Wildman–Crippen MR) is 54.0 cm³/mol. The molecule has 0 N–H and O–H groups in total. The summed E-state index contributed by atoms with van der Waals surface area (Å²) in [7, 11) is 0. The van der Waals surface area contributed by atoms with Crippen LogP contribution in [0.25, 0.3) is 0 Å². The van der Waals surface area contributed by atoms with E-state index in [0.29, 0.717) is 5.92 Å². The molecule has 1 aromatic rings. The second-order valence-corrected chi connectivity index (χ2v) is 4.12. The summed E-state index contributed by atoms with van der Waals surface area (Å²) in [6.07, 6.45) is 0. The van der Waals surface area contributed by atoms with E-state index >= 15 is 0 Å². The second kappa shape index (κ2) is 3.30. The molecule has 0 aliphatic carbocycles. The first-order chi connectivity index (χ1) is 5.52. The molecule has 0 fully saturated rings. The highest BCUT2D eigenvalue weighted by molar-refractivity contribution is 5.21. The molecule has 0 bridgehead atoms. The van der Waals surface area contributed by atoms with Crippen LogP contribution in [0.3, 0.4) is 0 Å². The van der Waals surface area contributed by atoms with E-state index in [1.807, 2.05) is 6.07 Å². The maximum atomic E-state index is 4.15. The predicted octanol–water partition coefficient (Wildman–Crippen LogP) is 3.65. The quantitative estimate of drug-likeness (QED) is 0.621. The monoisotopic (exact) mass is 161 g/mol. The molecule has 0 saturated heterocycles. The van der Waals surface area contributed by atoms with Gasteiger partial charge in [-0.15, -0.1) is 0 Å². The number of benzene rings is 1. The van der Waals surface area contributed by atoms with Crippen LogP contribution in [0.4, 0.5) is 0 Å². The van der Waals surface area contributed by atoms with Gasteiger partial charge >= 0.3 is 0 Å². The summed E-state index contributed by atoms with van der Waals surface area (Å²) < 4.78 is 0. The molecule has 1 aromatic carbocycles. The van der Waals surface area contributed by atoms with Gasteiger partial charge in [-0.1, -0.05) is 51.1 Å². The Morgan fingerprint density at radius 1 is 1.17 bits per heavy atom. The summed E-state index contributed by atoms with van der Waals surface area (Å²) in [6, 6.07) is 10.5. The molecular formula is C12H17. The molecule has 0 nitrogen and oxygen atoms in total. The van der Waals surface area contributed by atoms with Crippen LogP contribution in [0.1, 0.15) is 32.3 Å². The Morgan fingerprint density at radius 3 is 2.08 bits per heavy atom. The van der Waals surface area contributed by atoms with E-state index in [2.05, 4.69) is 52.0 Å². The van der Waals surface area contributed by atoms with Crippen molar-refractivity contribution in [2.45, 2.75) is 26.7 Å². The lowest BCUT2D eigenvalue weighted by molar-refractivity contribution is 0.391. The van der Waals surface area contributed by atoms with Gasteiger partial charge in [-0.25, -0.2) is 0 Å². The third-order valence-electron chi connectivity index (χ3n) is 2.47. The lowest BCUT2D eigenvalue weighted by atomic mass is 9.78. The molecule has 0 heteroatoms. The molecule has 0 spiro atoms. The highest BCUT2D eigenvalue weighted by Gasteiger charge is 2.20. The zero-order chi connectivity index (χ0) is 9.19. The van der Waals surface area contributed by atoms with Crippen molar-refractivity contribution in [3.8, 4) is 0 Å². The standard InChI is InChI=1S/C12H17/c1-10(12(2,3)4)11-8-6-5-7-9-11/h5-10H,2H2,1,3-4H3. The van der Waals surface area contributed by atoms with E-state index in [0.717, 1.165) is 0 Å². The maximum Gasteiger partial charge on any atom is -0.0139 e. The number of hydrogen-bond acceptors (Lipinski definition) is 0. The van der Waals surface area contributed by atoms with Gasteiger partial charge in [0.25, 0.3) is 0 Å². The molecule has 1 unspecified atom stereocenters.